The largest absolute Gasteiger partial charge is 0.0914 e. The molecule has 2 heteroatoms. The van der Waals surface area contributed by atoms with Crippen LogP contribution in [0.4, 0.5) is 0 Å². The van der Waals surface area contributed by atoms with Gasteiger partial charge in [0.2, 0.25) is 0 Å². The molecule has 23 heavy (non-hydrogen) atoms. The molecular formula is C21H22Cl2. The summed E-state index contributed by atoms with van der Waals surface area (Å²) in [6.45, 7) is 2.12. The van der Waals surface area contributed by atoms with Crippen LogP contribution in [0.3, 0.4) is 0 Å². The summed E-state index contributed by atoms with van der Waals surface area (Å²) in [4.78, 5) is 0. The number of hydrogen-bond donors (Lipinski definition) is 0. The van der Waals surface area contributed by atoms with Crippen LogP contribution in [-0.4, -0.2) is 0 Å². The van der Waals surface area contributed by atoms with Crippen LogP contribution in [-0.2, 0) is 0 Å². The fraction of sp³-hybridized carbons (Fsp3) is 0.333. The van der Waals surface area contributed by atoms with Crippen LogP contribution in [0, 0.1) is 5.92 Å². The van der Waals surface area contributed by atoms with E-state index in [9.17, 15) is 0 Å². The predicted molar refractivity (Wildman–Crippen MR) is 101 cm³/mol. The molecule has 1 saturated carbocycles. The van der Waals surface area contributed by atoms with Crippen molar-refractivity contribution in [2.45, 2.75) is 38.5 Å². The summed E-state index contributed by atoms with van der Waals surface area (Å²) < 4.78 is 0. The first-order chi connectivity index (χ1) is 11.2. The first kappa shape index (κ1) is 16.6. The molecule has 3 rings (SSSR count). The average Bonchev–Trinajstić information content (AvgIpc) is 2.59. The summed E-state index contributed by atoms with van der Waals surface area (Å²) >= 11 is 12.1. The van der Waals surface area contributed by atoms with E-state index in [1.54, 1.807) is 0 Å². The minimum absolute atomic E-state index is 0.602. The van der Waals surface area contributed by atoms with E-state index < -0.39 is 0 Å². The van der Waals surface area contributed by atoms with Gasteiger partial charge in [0, 0.05) is 0 Å². The number of rotatable bonds is 3. The molecule has 0 N–H and O–H groups in total. The van der Waals surface area contributed by atoms with Gasteiger partial charge in [0.1, 0.15) is 0 Å². The van der Waals surface area contributed by atoms with Crippen molar-refractivity contribution < 1.29 is 0 Å². The van der Waals surface area contributed by atoms with E-state index in [0.717, 1.165) is 11.5 Å². The molecule has 0 heterocycles. The van der Waals surface area contributed by atoms with E-state index in [1.165, 1.54) is 36.8 Å². The minimum Gasteiger partial charge on any atom is -0.0914 e. The van der Waals surface area contributed by atoms with Gasteiger partial charge in [-0.3, -0.25) is 0 Å². The zero-order valence-electron chi connectivity index (χ0n) is 13.4. The molecule has 1 fully saturated rings. The van der Waals surface area contributed by atoms with Crippen LogP contribution >= 0.6 is 23.2 Å². The SMILES string of the molecule is C/C=C/C1CCC(c2ccc(-c3ccc(Cl)c(Cl)c3)cc2)CC1. The van der Waals surface area contributed by atoms with Crippen molar-refractivity contribution in [3.05, 3.63) is 70.2 Å². The Morgan fingerprint density at radius 1 is 0.826 bits per heavy atom. The Morgan fingerprint density at radius 2 is 1.48 bits per heavy atom. The molecular weight excluding hydrogens is 323 g/mol. The molecule has 0 aliphatic heterocycles. The fourth-order valence-electron chi connectivity index (χ4n) is 3.54. The van der Waals surface area contributed by atoms with Crippen LogP contribution in [0.1, 0.15) is 44.1 Å². The van der Waals surface area contributed by atoms with Gasteiger partial charge in [0.25, 0.3) is 0 Å². The third-order valence-corrected chi connectivity index (χ3v) is 5.61. The molecule has 0 aromatic heterocycles. The highest BCUT2D eigenvalue weighted by Gasteiger charge is 2.20. The topological polar surface area (TPSA) is 0 Å². The van der Waals surface area contributed by atoms with Crippen LogP contribution in [0.5, 0.6) is 0 Å². The van der Waals surface area contributed by atoms with Crippen molar-refractivity contribution in [1.29, 1.82) is 0 Å². The van der Waals surface area contributed by atoms with Crippen molar-refractivity contribution in [2.24, 2.45) is 5.92 Å². The lowest BCUT2D eigenvalue weighted by molar-refractivity contribution is 0.376. The number of benzene rings is 2. The van der Waals surface area contributed by atoms with Gasteiger partial charge in [-0.2, -0.15) is 0 Å². The molecule has 1 aliphatic rings. The molecule has 120 valence electrons. The molecule has 0 atom stereocenters. The van der Waals surface area contributed by atoms with Crippen molar-refractivity contribution in [1.82, 2.24) is 0 Å². The van der Waals surface area contributed by atoms with Gasteiger partial charge in [-0.1, -0.05) is 65.7 Å². The van der Waals surface area contributed by atoms with E-state index in [2.05, 4.69) is 43.3 Å². The van der Waals surface area contributed by atoms with Crippen LogP contribution < -0.4 is 0 Å². The summed E-state index contributed by atoms with van der Waals surface area (Å²) in [5.41, 5.74) is 3.77. The molecule has 0 saturated heterocycles. The zero-order chi connectivity index (χ0) is 16.2. The molecule has 2 aromatic carbocycles. The van der Waals surface area contributed by atoms with Gasteiger partial charge in [-0.15, -0.1) is 0 Å². The average molecular weight is 345 g/mol. The predicted octanol–water partition coefficient (Wildman–Crippen LogP) is 7.51. The van der Waals surface area contributed by atoms with Crippen molar-refractivity contribution in [2.75, 3.05) is 0 Å². The van der Waals surface area contributed by atoms with Gasteiger partial charge in [0.05, 0.1) is 10.0 Å². The Kier molecular flexibility index (Phi) is 5.46. The summed E-state index contributed by atoms with van der Waals surface area (Å²) in [7, 11) is 0. The third kappa shape index (κ3) is 4.00. The second kappa shape index (κ2) is 7.55. The number of halogens is 2. The Hall–Kier alpha value is -1.24. The quantitative estimate of drug-likeness (QED) is 0.505. The Morgan fingerprint density at radius 3 is 2.09 bits per heavy atom. The first-order valence-corrected chi connectivity index (χ1v) is 9.11. The van der Waals surface area contributed by atoms with E-state index in [4.69, 9.17) is 23.2 Å². The summed E-state index contributed by atoms with van der Waals surface area (Å²) in [6.07, 6.45) is 9.76. The smallest absolute Gasteiger partial charge is 0.0598 e. The lowest BCUT2D eigenvalue weighted by atomic mass is 9.78. The van der Waals surface area contributed by atoms with Gasteiger partial charge in [0.15, 0.2) is 0 Å². The lowest BCUT2D eigenvalue weighted by Crippen LogP contribution is -2.11. The molecule has 0 bridgehead atoms. The van der Waals surface area contributed by atoms with E-state index in [-0.39, 0.29) is 0 Å². The van der Waals surface area contributed by atoms with Crippen molar-refractivity contribution >= 4 is 23.2 Å². The monoisotopic (exact) mass is 344 g/mol. The molecule has 0 spiro atoms. The normalized spacial score (nSPS) is 21.7. The Bertz CT molecular complexity index is 677. The second-order valence-electron chi connectivity index (χ2n) is 6.39. The fourth-order valence-corrected chi connectivity index (χ4v) is 3.84. The van der Waals surface area contributed by atoms with Crippen LogP contribution in [0.25, 0.3) is 11.1 Å². The molecule has 0 radical (unpaired) electrons. The third-order valence-electron chi connectivity index (χ3n) is 4.87. The molecule has 0 nitrogen and oxygen atoms in total. The zero-order valence-corrected chi connectivity index (χ0v) is 14.9. The van der Waals surface area contributed by atoms with E-state index in [0.29, 0.717) is 16.0 Å². The van der Waals surface area contributed by atoms with Gasteiger partial charge in [-0.25, -0.2) is 0 Å². The van der Waals surface area contributed by atoms with Gasteiger partial charge < -0.3 is 0 Å². The highest BCUT2D eigenvalue weighted by molar-refractivity contribution is 6.42. The minimum atomic E-state index is 0.602. The summed E-state index contributed by atoms with van der Waals surface area (Å²) in [5, 5.41) is 1.21. The van der Waals surface area contributed by atoms with E-state index >= 15 is 0 Å². The van der Waals surface area contributed by atoms with Crippen molar-refractivity contribution in [3.63, 3.8) is 0 Å². The maximum atomic E-state index is 6.12. The second-order valence-corrected chi connectivity index (χ2v) is 7.20. The summed E-state index contributed by atoms with van der Waals surface area (Å²) in [6, 6.07) is 14.8. The Balaban J connectivity index is 1.71. The highest BCUT2D eigenvalue weighted by Crippen LogP contribution is 2.37. The maximum absolute atomic E-state index is 6.12. The number of allylic oxidation sites excluding steroid dienone is 2. The van der Waals surface area contributed by atoms with Crippen molar-refractivity contribution in [3.8, 4) is 11.1 Å². The van der Waals surface area contributed by atoms with Gasteiger partial charge >= 0.3 is 0 Å². The highest BCUT2D eigenvalue weighted by atomic mass is 35.5. The van der Waals surface area contributed by atoms with Crippen LogP contribution in [0.15, 0.2) is 54.6 Å². The van der Waals surface area contributed by atoms with E-state index in [1.807, 2.05) is 18.2 Å². The molecule has 0 amide bonds. The Labute approximate surface area is 149 Å². The molecule has 2 aromatic rings. The number of hydrogen-bond acceptors (Lipinski definition) is 0. The molecule has 0 unspecified atom stereocenters. The first-order valence-electron chi connectivity index (χ1n) is 8.35. The molecule has 1 aliphatic carbocycles. The van der Waals surface area contributed by atoms with Gasteiger partial charge in [-0.05, 0) is 73.3 Å². The standard InChI is InChI=1S/C21H22Cl2/c1-2-3-15-4-6-16(7-5-15)17-8-10-18(11-9-17)19-12-13-20(22)21(23)14-19/h2-3,8-16H,4-7H2,1H3/b3-2+. The van der Waals surface area contributed by atoms with Crippen LogP contribution in [0.2, 0.25) is 10.0 Å². The summed E-state index contributed by atoms with van der Waals surface area (Å²) in [5.74, 6) is 1.49. The maximum Gasteiger partial charge on any atom is 0.0598 e. The lowest BCUT2D eigenvalue weighted by Gasteiger charge is -2.27.